The van der Waals surface area contributed by atoms with Crippen molar-refractivity contribution in [2.24, 2.45) is 11.7 Å². The molecule has 2 heterocycles. The summed E-state index contributed by atoms with van der Waals surface area (Å²) in [5.41, 5.74) is 8.87. The molecule has 5 atom stereocenters. The van der Waals surface area contributed by atoms with E-state index in [-0.39, 0.29) is 23.3 Å². The Bertz CT molecular complexity index is 691. The van der Waals surface area contributed by atoms with Crippen LogP contribution in [0.15, 0.2) is 6.07 Å². The van der Waals surface area contributed by atoms with Gasteiger partial charge < -0.3 is 25.2 Å². The van der Waals surface area contributed by atoms with Gasteiger partial charge in [0.05, 0.1) is 7.11 Å². The fraction of sp³-hybridized carbons (Fsp3) is 0.667. The van der Waals surface area contributed by atoms with Crippen LogP contribution in [-0.4, -0.2) is 48.9 Å². The normalized spacial score (nSPS) is 40.5. The zero-order valence-corrected chi connectivity index (χ0v) is 13.7. The first-order chi connectivity index (χ1) is 11.1. The second-order valence-electron chi connectivity index (χ2n) is 7.71. The van der Waals surface area contributed by atoms with Crippen molar-refractivity contribution in [1.82, 2.24) is 4.90 Å². The maximum Gasteiger partial charge on any atom is 0.165 e. The number of likely N-dealkylation sites (N-methyl/N-ethyl adjacent to an activating group) is 1. The van der Waals surface area contributed by atoms with E-state index in [1.54, 1.807) is 13.2 Å². The van der Waals surface area contributed by atoms with E-state index in [1.807, 2.05) is 0 Å². The van der Waals surface area contributed by atoms with Crippen molar-refractivity contribution < 1.29 is 14.6 Å². The number of rotatable bonds is 1. The van der Waals surface area contributed by atoms with Gasteiger partial charge in [-0.1, -0.05) is 0 Å². The predicted molar refractivity (Wildman–Crippen MR) is 86.2 cm³/mol. The molecule has 2 fully saturated rings. The summed E-state index contributed by atoms with van der Waals surface area (Å²) in [6.45, 7) is 1.06. The van der Waals surface area contributed by atoms with E-state index in [4.69, 9.17) is 15.2 Å². The number of nitrogens with zero attached hydrogens (tertiary/aromatic N) is 1. The fourth-order valence-electron chi connectivity index (χ4n) is 6.01. The number of hydrogen-bond acceptors (Lipinski definition) is 5. The molecule has 2 aliphatic heterocycles. The van der Waals surface area contributed by atoms with Crippen LogP contribution in [0.2, 0.25) is 0 Å². The summed E-state index contributed by atoms with van der Waals surface area (Å²) in [4.78, 5) is 2.50. The summed E-state index contributed by atoms with van der Waals surface area (Å²) in [6.07, 6.45) is 4.16. The van der Waals surface area contributed by atoms with Crippen LogP contribution in [0.1, 0.15) is 30.4 Å². The van der Waals surface area contributed by atoms with E-state index in [1.165, 1.54) is 11.1 Å². The average molecular weight is 316 g/mol. The van der Waals surface area contributed by atoms with Crippen molar-refractivity contribution in [3.05, 3.63) is 17.2 Å². The Balaban J connectivity index is 1.83. The lowest BCUT2D eigenvalue weighted by Crippen LogP contribution is -2.67. The number of aromatic hydroxyl groups is 1. The van der Waals surface area contributed by atoms with Crippen LogP contribution in [0, 0.1) is 5.92 Å². The average Bonchev–Trinajstić information content (AvgIpc) is 2.89. The second kappa shape index (κ2) is 4.33. The molecule has 2 aliphatic carbocycles. The second-order valence-corrected chi connectivity index (χ2v) is 7.71. The van der Waals surface area contributed by atoms with Crippen molar-refractivity contribution >= 4 is 0 Å². The van der Waals surface area contributed by atoms with Crippen LogP contribution in [0.4, 0.5) is 0 Å². The molecule has 5 nitrogen and oxygen atoms in total. The lowest BCUT2D eigenvalue weighted by atomic mass is 9.51. The molecule has 2 bridgehead atoms. The van der Waals surface area contributed by atoms with Crippen LogP contribution in [-0.2, 0) is 11.8 Å². The quantitative estimate of drug-likeness (QED) is 0.820. The minimum absolute atomic E-state index is 0.00972. The topological polar surface area (TPSA) is 68.0 Å². The lowest BCUT2D eigenvalue weighted by molar-refractivity contribution is -0.0513. The SMILES string of the molecule is COc1cc(O)c2c3c1C[C@@H]1[C@@H]4CC[C@H](N)[C@H](O2)[C@]34CCN1C. The van der Waals surface area contributed by atoms with Crippen molar-refractivity contribution in [3.63, 3.8) is 0 Å². The van der Waals surface area contributed by atoms with Gasteiger partial charge in [-0.05, 0) is 45.2 Å². The number of methoxy groups -OCH3 is 1. The van der Waals surface area contributed by atoms with E-state index in [0.717, 1.165) is 38.0 Å². The molecule has 0 radical (unpaired) electrons. The number of phenols is 1. The van der Waals surface area contributed by atoms with Gasteiger partial charge in [0, 0.05) is 34.7 Å². The van der Waals surface area contributed by atoms with E-state index in [0.29, 0.717) is 17.7 Å². The lowest BCUT2D eigenvalue weighted by Gasteiger charge is -2.58. The number of phenolic OH excluding ortho intramolecular Hbond substituents is 1. The van der Waals surface area contributed by atoms with Crippen molar-refractivity contribution in [2.75, 3.05) is 20.7 Å². The summed E-state index contributed by atoms with van der Waals surface area (Å²) < 4.78 is 11.9. The number of piperidine rings is 1. The van der Waals surface area contributed by atoms with Gasteiger partial charge in [-0.15, -0.1) is 0 Å². The van der Waals surface area contributed by atoms with Crippen molar-refractivity contribution in [2.45, 2.75) is 49.3 Å². The molecule has 0 aromatic heterocycles. The van der Waals surface area contributed by atoms with E-state index in [9.17, 15) is 5.11 Å². The molecule has 0 amide bonds. The van der Waals surface area contributed by atoms with Crippen LogP contribution < -0.4 is 15.2 Å². The Morgan fingerprint density at radius 1 is 1.43 bits per heavy atom. The molecule has 1 aromatic carbocycles. The number of ether oxygens (including phenoxy) is 2. The monoisotopic (exact) mass is 316 g/mol. The molecule has 3 N–H and O–H groups in total. The third-order valence-corrected chi connectivity index (χ3v) is 6.95. The van der Waals surface area contributed by atoms with Gasteiger partial charge in [-0.25, -0.2) is 0 Å². The van der Waals surface area contributed by atoms with Crippen LogP contribution >= 0.6 is 0 Å². The highest BCUT2D eigenvalue weighted by molar-refractivity contribution is 5.65. The molecule has 1 aromatic rings. The molecule has 5 heteroatoms. The number of hydrogen-bond donors (Lipinski definition) is 2. The highest BCUT2D eigenvalue weighted by atomic mass is 16.5. The molecular weight excluding hydrogens is 292 g/mol. The van der Waals surface area contributed by atoms with Gasteiger partial charge in [0.15, 0.2) is 11.5 Å². The maximum absolute atomic E-state index is 10.5. The number of nitrogens with two attached hydrogens (primary N) is 1. The zero-order valence-electron chi connectivity index (χ0n) is 13.7. The predicted octanol–water partition coefficient (Wildman–Crippen LogP) is 1.40. The summed E-state index contributed by atoms with van der Waals surface area (Å²) >= 11 is 0. The molecule has 23 heavy (non-hydrogen) atoms. The Morgan fingerprint density at radius 3 is 3.04 bits per heavy atom. The molecule has 1 saturated carbocycles. The standard InChI is InChI=1S/C18H24N2O3/c1-20-6-5-18-10-3-4-11(19)17(18)23-16-13(21)8-14(22-2)9(15(16)18)7-12(10)20/h8,10-12,17,21H,3-7,19H2,1-2H3/t10-,11-,12+,17-,18-/m0/s1. The number of benzene rings is 1. The summed E-state index contributed by atoms with van der Waals surface area (Å²) in [5.74, 6) is 2.23. The summed E-state index contributed by atoms with van der Waals surface area (Å²) in [7, 11) is 3.91. The summed E-state index contributed by atoms with van der Waals surface area (Å²) in [6, 6.07) is 2.27. The van der Waals surface area contributed by atoms with Crippen LogP contribution in [0.3, 0.4) is 0 Å². The highest BCUT2D eigenvalue weighted by Crippen LogP contribution is 2.64. The van der Waals surface area contributed by atoms with Gasteiger partial charge in [0.1, 0.15) is 11.9 Å². The third-order valence-electron chi connectivity index (χ3n) is 6.95. The van der Waals surface area contributed by atoms with Crippen LogP contribution in [0.5, 0.6) is 17.2 Å². The van der Waals surface area contributed by atoms with Gasteiger partial charge in [-0.3, -0.25) is 0 Å². The maximum atomic E-state index is 10.5. The van der Waals surface area contributed by atoms with Crippen molar-refractivity contribution in [3.8, 4) is 17.2 Å². The molecule has 0 unspecified atom stereocenters. The minimum atomic E-state index is -0.0379. The Labute approximate surface area is 136 Å². The van der Waals surface area contributed by atoms with E-state index in [2.05, 4.69) is 11.9 Å². The Hall–Kier alpha value is -1.46. The fourth-order valence-corrected chi connectivity index (χ4v) is 6.01. The van der Waals surface area contributed by atoms with Gasteiger partial charge in [-0.2, -0.15) is 0 Å². The van der Waals surface area contributed by atoms with Crippen molar-refractivity contribution in [1.29, 1.82) is 0 Å². The first-order valence-electron chi connectivity index (χ1n) is 8.63. The van der Waals surface area contributed by atoms with E-state index >= 15 is 0 Å². The highest BCUT2D eigenvalue weighted by Gasteiger charge is 2.65. The van der Waals surface area contributed by atoms with Crippen LogP contribution in [0.25, 0.3) is 0 Å². The zero-order chi connectivity index (χ0) is 15.9. The van der Waals surface area contributed by atoms with E-state index < -0.39 is 0 Å². The molecule has 4 aliphatic rings. The first-order valence-corrected chi connectivity index (χ1v) is 8.63. The molecule has 124 valence electrons. The Morgan fingerprint density at radius 2 is 2.26 bits per heavy atom. The first kappa shape index (κ1) is 13.9. The minimum Gasteiger partial charge on any atom is -0.504 e. The van der Waals surface area contributed by atoms with Gasteiger partial charge in [0.25, 0.3) is 0 Å². The molecule has 1 saturated heterocycles. The molecular formula is C18H24N2O3. The smallest absolute Gasteiger partial charge is 0.165 e. The molecule has 5 rings (SSSR count). The number of likely N-dealkylation sites (tertiary alicyclic amines) is 1. The third kappa shape index (κ3) is 1.46. The largest absolute Gasteiger partial charge is 0.504 e. The Kier molecular flexibility index (Phi) is 2.63. The molecule has 1 spiro atoms. The summed E-state index contributed by atoms with van der Waals surface area (Å²) in [5, 5.41) is 10.5. The van der Waals surface area contributed by atoms with Gasteiger partial charge >= 0.3 is 0 Å². The van der Waals surface area contributed by atoms with Gasteiger partial charge in [0.2, 0.25) is 0 Å².